The quantitative estimate of drug-likeness (QED) is 0.792. The fourth-order valence-corrected chi connectivity index (χ4v) is 2.67. The van der Waals surface area contributed by atoms with Gasteiger partial charge in [-0.3, -0.25) is 0 Å². The summed E-state index contributed by atoms with van der Waals surface area (Å²) in [6.07, 6.45) is 5.59. The minimum absolute atomic E-state index is 0.281. The number of aromatic hydroxyl groups is 1. The van der Waals surface area contributed by atoms with E-state index in [1.165, 1.54) is 25.7 Å². The Balaban J connectivity index is 1.61. The summed E-state index contributed by atoms with van der Waals surface area (Å²) in [5, 5.41) is 12.7. The van der Waals surface area contributed by atoms with Crippen LogP contribution in [0.1, 0.15) is 31.2 Å². The highest BCUT2D eigenvalue weighted by atomic mass is 79.9. The molecule has 1 aromatic carbocycles. The molecule has 100 valence electrons. The molecule has 1 aliphatic carbocycles. The molecule has 0 aliphatic heterocycles. The molecule has 2 N–H and O–H groups in total. The number of phenols is 1. The van der Waals surface area contributed by atoms with Gasteiger partial charge >= 0.3 is 0 Å². The van der Waals surface area contributed by atoms with Gasteiger partial charge in [0.15, 0.2) is 0 Å². The van der Waals surface area contributed by atoms with Crippen molar-refractivity contribution in [2.45, 2.75) is 38.3 Å². The van der Waals surface area contributed by atoms with E-state index in [-0.39, 0.29) is 5.75 Å². The van der Waals surface area contributed by atoms with Crippen LogP contribution in [0.15, 0.2) is 22.7 Å². The number of rotatable bonds is 6. The van der Waals surface area contributed by atoms with Crippen LogP contribution in [0.4, 0.5) is 0 Å². The van der Waals surface area contributed by atoms with E-state index in [0.29, 0.717) is 6.10 Å². The van der Waals surface area contributed by atoms with E-state index in [1.807, 2.05) is 12.1 Å². The monoisotopic (exact) mass is 313 g/mol. The van der Waals surface area contributed by atoms with E-state index < -0.39 is 0 Å². The Bertz CT molecular complexity index is 378. The Morgan fingerprint density at radius 1 is 1.33 bits per heavy atom. The first-order valence-corrected chi connectivity index (χ1v) is 7.35. The highest BCUT2D eigenvalue weighted by Crippen LogP contribution is 2.24. The lowest BCUT2D eigenvalue weighted by atomic mass is 10.2. The zero-order valence-corrected chi connectivity index (χ0v) is 12.1. The van der Waals surface area contributed by atoms with Crippen molar-refractivity contribution in [2.75, 3.05) is 13.2 Å². The first-order valence-electron chi connectivity index (χ1n) is 6.55. The molecular weight excluding hydrogens is 294 g/mol. The lowest BCUT2D eigenvalue weighted by Crippen LogP contribution is -2.21. The summed E-state index contributed by atoms with van der Waals surface area (Å²) < 4.78 is 6.51. The van der Waals surface area contributed by atoms with Crippen LogP contribution in [0.5, 0.6) is 5.75 Å². The SMILES string of the molecule is Oc1ccc(CNCCOC2CCCC2)cc1Br. The van der Waals surface area contributed by atoms with Gasteiger partial charge in [0.2, 0.25) is 0 Å². The number of halogens is 1. The fraction of sp³-hybridized carbons (Fsp3) is 0.571. The predicted octanol–water partition coefficient (Wildman–Crippen LogP) is 3.20. The average molecular weight is 314 g/mol. The Hall–Kier alpha value is -0.580. The highest BCUT2D eigenvalue weighted by molar-refractivity contribution is 9.10. The molecule has 3 nitrogen and oxygen atoms in total. The maximum absolute atomic E-state index is 9.39. The van der Waals surface area contributed by atoms with E-state index in [0.717, 1.165) is 29.7 Å². The zero-order chi connectivity index (χ0) is 12.8. The highest BCUT2D eigenvalue weighted by Gasteiger charge is 2.14. The van der Waals surface area contributed by atoms with Gasteiger partial charge in [-0.25, -0.2) is 0 Å². The second-order valence-electron chi connectivity index (χ2n) is 4.74. The van der Waals surface area contributed by atoms with Crippen molar-refractivity contribution < 1.29 is 9.84 Å². The van der Waals surface area contributed by atoms with Gasteiger partial charge in [-0.15, -0.1) is 0 Å². The zero-order valence-electron chi connectivity index (χ0n) is 10.5. The average Bonchev–Trinajstić information content (AvgIpc) is 2.86. The van der Waals surface area contributed by atoms with Gasteiger partial charge in [0.25, 0.3) is 0 Å². The molecule has 0 radical (unpaired) electrons. The molecule has 4 heteroatoms. The second-order valence-corrected chi connectivity index (χ2v) is 5.59. The molecule has 0 saturated heterocycles. The Morgan fingerprint density at radius 3 is 2.83 bits per heavy atom. The smallest absolute Gasteiger partial charge is 0.129 e. The standard InChI is InChI=1S/C14H20BrNO2/c15-13-9-11(5-6-14(13)17)10-16-7-8-18-12-3-1-2-4-12/h5-6,9,12,16-17H,1-4,7-8,10H2. The first kappa shape index (κ1) is 13.8. The van der Waals surface area contributed by atoms with Crippen molar-refractivity contribution in [2.24, 2.45) is 0 Å². The third-order valence-corrected chi connectivity index (χ3v) is 3.91. The Labute approximate surface area is 117 Å². The normalized spacial score (nSPS) is 16.3. The van der Waals surface area contributed by atoms with Crippen LogP contribution >= 0.6 is 15.9 Å². The second kappa shape index (κ2) is 7.12. The molecule has 0 atom stereocenters. The lowest BCUT2D eigenvalue weighted by molar-refractivity contribution is 0.0602. The summed E-state index contributed by atoms with van der Waals surface area (Å²) in [6.45, 7) is 2.45. The largest absolute Gasteiger partial charge is 0.507 e. The molecule has 1 saturated carbocycles. The topological polar surface area (TPSA) is 41.5 Å². The van der Waals surface area contributed by atoms with Crippen LogP contribution in [0.2, 0.25) is 0 Å². The van der Waals surface area contributed by atoms with Crippen molar-refractivity contribution >= 4 is 15.9 Å². The van der Waals surface area contributed by atoms with E-state index in [2.05, 4.69) is 21.2 Å². The van der Waals surface area contributed by atoms with Gasteiger partial charge in [-0.1, -0.05) is 18.9 Å². The number of benzene rings is 1. The minimum Gasteiger partial charge on any atom is -0.507 e. The van der Waals surface area contributed by atoms with Crippen LogP contribution in [0, 0.1) is 0 Å². The van der Waals surface area contributed by atoms with Crippen molar-refractivity contribution in [1.82, 2.24) is 5.32 Å². The number of phenolic OH excluding ortho intramolecular Hbond substituents is 1. The van der Waals surface area contributed by atoms with Crippen molar-refractivity contribution in [3.63, 3.8) is 0 Å². The molecule has 1 aliphatic rings. The predicted molar refractivity (Wildman–Crippen MR) is 75.7 cm³/mol. The molecule has 1 aromatic rings. The van der Waals surface area contributed by atoms with Gasteiger partial charge in [-0.2, -0.15) is 0 Å². The van der Waals surface area contributed by atoms with Gasteiger partial charge in [0.1, 0.15) is 5.75 Å². The maximum atomic E-state index is 9.39. The molecule has 0 aromatic heterocycles. The Morgan fingerprint density at radius 2 is 2.11 bits per heavy atom. The van der Waals surface area contributed by atoms with Gasteiger partial charge in [0, 0.05) is 13.1 Å². The number of hydrogen-bond acceptors (Lipinski definition) is 3. The molecule has 0 bridgehead atoms. The van der Waals surface area contributed by atoms with Crippen LogP contribution in [-0.4, -0.2) is 24.4 Å². The third kappa shape index (κ3) is 4.26. The van der Waals surface area contributed by atoms with E-state index in [9.17, 15) is 5.11 Å². The number of ether oxygens (including phenoxy) is 1. The van der Waals surface area contributed by atoms with Crippen LogP contribution < -0.4 is 5.32 Å². The summed E-state index contributed by atoms with van der Waals surface area (Å²) in [4.78, 5) is 0. The van der Waals surface area contributed by atoms with Gasteiger partial charge in [-0.05, 0) is 46.5 Å². The molecule has 18 heavy (non-hydrogen) atoms. The first-order chi connectivity index (χ1) is 8.75. The summed E-state index contributed by atoms with van der Waals surface area (Å²) in [6, 6.07) is 5.56. The molecule has 2 rings (SSSR count). The van der Waals surface area contributed by atoms with E-state index in [4.69, 9.17) is 4.74 Å². The molecule has 1 fully saturated rings. The number of hydrogen-bond donors (Lipinski definition) is 2. The van der Waals surface area contributed by atoms with Crippen molar-refractivity contribution in [3.05, 3.63) is 28.2 Å². The molecular formula is C14H20BrNO2. The summed E-state index contributed by atoms with van der Waals surface area (Å²) in [5.41, 5.74) is 1.15. The fourth-order valence-electron chi connectivity index (χ4n) is 2.25. The van der Waals surface area contributed by atoms with Crippen LogP contribution in [-0.2, 0) is 11.3 Å². The van der Waals surface area contributed by atoms with Crippen LogP contribution in [0.3, 0.4) is 0 Å². The molecule has 0 unspecified atom stereocenters. The van der Waals surface area contributed by atoms with Crippen LogP contribution in [0.25, 0.3) is 0 Å². The van der Waals surface area contributed by atoms with E-state index in [1.54, 1.807) is 6.07 Å². The van der Waals surface area contributed by atoms with Crippen molar-refractivity contribution in [3.8, 4) is 5.75 Å². The summed E-state index contributed by atoms with van der Waals surface area (Å²) in [7, 11) is 0. The van der Waals surface area contributed by atoms with Gasteiger partial charge in [0.05, 0.1) is 17.2 Å². The van der Waals surface area contributed by atoms with Gasteiger partial charge < -0.3 is 15.2 Å². The maximum Gasteiger partial charge on any atom is 0.129 e. The molecule has 0 amide bonds. The molecule has 0 spiro atoms. The minimum atomic E-state index is 0.281. The Kier molecular flexibility index (Phi) is 5.47. The summed E-state index contributed by atoms with van der Waals surface area (Å²) >= 11 is 3.31. The molecule has 0 heterocycles. The van der Waals surface area contributed by atoms with E-state index >= 15 is 0 Å². The number of nitrogens with one attached hydrogen (secondary N) is 1. The summed E-state index contributed by atoms with van der Waals surface area (Å²) in [5.74, 6) is 0.281. The third-order valence-electron chi connectivity index (χ3n) is 3.28. The van der Waals surface area contributed by atoms with Crippen molar-refractivity contribution in [1.29, 1.82) is 0 Å². The lowest BCUT2D eigenvalue weighted by Gasteiger charge is -2.11.